The second kappa shape index (κ2) is 5.89. The van der Waals surface area contributed by atoms with E-state index in [0.29, 0.717) is 0 Å². The number of anilines is 1. The quantitative estimate of drug-likeness (QED) is 0.835. The Hall–Kier alpha value is -1.52. The molecule has 1 amide bonds. The summed E-state index contributed by atoms with van der Waals surface area (Å²) < 4.78 is 0. The highest BCUT2D eigenvalue weighted by molar-refractivity contribution is 6.38. The first-order valence-corrected chi connectivity index (χ1v) is 5.75. The van der Waals surface area contributed by atoms with Gasteiger partial charge in [-0.25, -0.2) is 4.79 Å². The van der Waals surface area contributed by atoms with E-state index in [-0.39, 0.29) is 21.3 Å². The van der Waals surface area contributed by atoms with Crippen LogP contribution in [0.4, 0.5) is 5.69 Å². The SMILES string of the molecule is CC(C)=CC(=O)Nc1c(Cl)cc(Cl)cc1C(=O)O. The number of allylic oxidation sites excluding steroid dienone is 1. The van der Waals surface area contributed by atoms with Crippen LogP contribution in [0.3, 0.4) is 0 Å². The van der Waals surface area contributed by atoms with Crippen LogP contribution in [-0.2, 0) is 4.79 Å². The van der Waals surface area contributed by atoms with Gasteiger partial charge in [0.15, 0.2) is 0 Å². The van der Waals surface area contributed by atoms with Gasteiger partial charge in [-0.1, -0.05) is 28.8 Å². The third kappa shape index (κ3) is 3.75. The van der Waals surface area contributed by atoms with Crippen LogP contribution in [0.1, 0.15) is 24.2 Å². The number of hydrogen-bond donors (Lipinski definition) is 2. The van der Waals surface area contributed by atoms with Crippen molar-refractivity contribution in [2.75, 3.05) is 5.32 Å². The number of nitrogens with one attached hydrogen (secondary N) is 1. The lowest BCUT2D eigenvalue weighted by atomic mass is 10.1. The van der Waals surface area contributed by atoms with Gasteiger partial charge in [-0.15, -0.1) is 0 Å². The van der Waals surface area contributed by atoms with Gasteiger partial charge in [-0.3, -0.25) is 4.79 Å². The summed E-state index contributed by atoms with van der Waals surface area (Å²) in [5.74, 6) is -1.66. The molecular weight excluding hydrogens is 277 g/mol. The zero-order chi connectivity index (χ0) is 13.9. The van der Waals surface area contributed by atoms with Crippen molar-refractivity contribution in [2.45, 2.75) is 13.8 Å². The normalized spacial score (nSPS) is 9.78. The second-order valence-electron chi connectivity index (χ2n) is 3.83. The Kier molecular flexibility index (Phi) is 4.76. The van der Waals surface area contributed by atoms with Crippen molar-refractivity contribution in [3.05, 3.63) is 39.4 Å². The third-order valence-electron chi connectivity index (χ3n) is 1.95. The number of carbonyl (C=O) groups excluding carboxylic acids is 1. The molecule has 1 rings (SSSR count). The molecule has 2 N–H and O–H groups in total. The molecule has 1 aromatic rings. The molecule has 0 aliphatic heterocycles. The zero-order valence-corrected chi connectivity index (χ0v) is 11.3. The van der Waals surface area contributed by atoms with Crippen molar-refractivity contribution in [3.8, 4) is 0 Å². The summed E-state index contributed by atoms with van der Waals surface area (Å²) in [6.45, 7) is 3.50. The lowest BCUT2D eigenvalue weighted by Crippen LogP contribution is -2.13. The lowest BCUT2D eigenvalue weighted by Gasteiger charge is -2.09. The van der Waals surface area contributed by atoms with Gasteiger partial charge in [0, 0.05) is 11.1 Å². The third-order valence-corrected chi connectivity index (χ3v) is 2.47. The summed E-state index contributed by atoms with van der Waals surface area (Å²) in [5, 5.41) is 11.7. The van der Waals surface area contributed by atoms with Crippen molar-refractivity contribution in [3.63, 3.8) is 0 Å². The predicted octanol–water partition coefficient (Wildman–Crippen LogP) is 3.60. The maximum Gasteiger partial charge on any atom is 0.337 e. The van der Waals surface area contributed by atoms with Crippen molar-refractivity contribution in [1.82, 2.24) is 0 Å². The van der Waals surface area contributed by atoms with E-state index in [9.17, 15) is 9.59 Å². The van der Waals surface area contributed by atoms with Gasteiger partial charge in [0.1, 0.15) is 0 Å². The Morgan fingerprint density at radius 3 is 2.39 bits per heavy atom. The fourth-order valence-corrected chi connectivity index (χ4v) is 1.83. The van der Waals surface area contributed by atoms with Gasteiger partial charge >= 0.3 is 5.97 Å². The first-order valence-electron chi connectivity index (χ1n) is 4.99. The predicted molar refractivity (Wildman–Crippen MR) is 71.5 cm³/mol. The van der Waals surface area contributed by atoms with Crippen LogP contribution in [0.25, 0.3) is 0 Å². The van der Waals surface area contributed by atoms with E-state index in [1.807, 2.05) is 0 Å². The van der Waals surface area contributed by atoms with Gasteiger partial charge in [0.25, 0.3) is 0 Å². The number of hydrogen-bond acceptors (Lipinski definition) is 2. The average molecular weight is 288 g/mol. The van der Waals surface area contributed by atoms with E-state index >= 15 is 0 Å². The van der Waals surface area contributed by atoms with Crippen LogP contribution in [0.2, 0.25) is 10.0 Å². The highest BCUT2D eigenvalue weighted by Crippen LogP contribution is 2.30. The number of carboxylic acids is 1. The molecule has 96 valence electrons. The molecule has 0 spiro atoms. The first-order chi connectivity index (χ1) is 8.31. The maximum atomic E-state index is 11.6. The number of benzene rings is 1. The van der Waals surface area contributed by atoms with Crippen LogP contribution < -0.4 is 5.32 Å². The average Bonchev–Trinajstić information content (AvgIpc) is 2.20. The maximum absolute atomic E-state index is 11.6. The van der Waals surface area contributed by atoms with Gasteiger partial charge in [-0.05, 0) is 26.0 Å². The van der Waals surface area contributed by atoms with E-state index in [1.54, 1.807) is 13.8 Å². The van der Waals surface area contributed by atoms with Gasteiger partial charge in [0.2, 0.25) is 5.91 Å². The summed E-state index contributed by atoms with van der Waals surface area (Å²) in [4.78, 5) is 22.6. The van der Waals surface area contributed by atoms with Crippen LogP contribution in [0.5, 0.6) is 0 Å². The molecule has 0 unspecified atom stereocenters. The van der Waals surface area contributed by atoms with E-state index in [1.165, 1.54) is 18.2 Å². The molecule has 0 fully saturated rings. The molecule has 1 aromatic carbocycles. The first kappa shape index (κ1) is 14.5. The van der Waals surface area contributed by atoms with E-state index in [4.69, 9.17) is 28.3 Å². The molecule has 0 bridgehead atoms. The highest BCUT2D eigenvalue weighted by atomic mass is 35.5. The smallest absolute Gasteiger partial charge is 0.337 e. The Bertz CT molecular complexity index is 534. The molecule has 6 heteroatoms. The minimum atomic E-state index is -1.22. The summed E-state index contributed by atoms with van der Waals surface area (Å²) in [5.41, 5.74) is 0.675. The molecular formula is C12H11Cl2NO3. The Labute approximate surface area is 114 Å². The Balaban J connectivity index is 3.19. The van der Waals surface area contributed by atoms with Crippen molar-refractivity contribution < 1.29 is 14.7 Å². The van der Waals surface area contributed by atoms with Crippen LogP contribution in [0, 0.1) is 0 Å². The number of amides is 1. The Morgan fingerprint density at radius 2 is 1.89 bits per heavy atom. The molecule has 0 saturated carbocycles. The van der Waals surface area contributed by atoms with E-state index < -0.39 is 11.9 Å². The van der Waals surface area contributed by atoms with Crippen LogP contribution in [0.15, 0.2) is 23.8 Å². The fourth-order valence-electron chi connectivity index (χ4n) is 1.29. The highest BCUT2D eigenvalue weighted by Gasteiger charge is 2.16. The number of halogens is 2. The molecule has 4 nitrogen and oxygen atoms in total. The minimum absolute atomic E-state index is 0.0380. The molecule has 0 saturated heterocycles. The summed E-state index contributed by atoms with van der Waals surface area (Å²) in [6, 6.07) is 2.60. The van der Waals surface area contributed by atoms with Crippen LogP contribution >= 0.6 is 23.2 Å². The molecule has 18 heavy (non-hydrogen) atoms. The fraction of sp³-hybridized carbons (Fsp3) is 0.167. The Morgan fingerprint density at radius 1 is 1.28 bits per heavy atom. The molecule has 0 aromatic heterocycles. The summed E-state index contributed by atoms with van der Waals surface area (Å²) in [7, 11) is 0. The van der Waals surface area contributed by atoms with E-state index in [0.717, 1.165) is 5.57 Å². The topological polar surface area (TPSA) is 66.4 Å². The van der Waals surface area contributed by atoms with Crippen molar-refractivity contribution in [2.24, 2.45) is 0 Å². The van der Waals surface area contributed by atoms with Crippen molar-refractivity contribution >= 4 is 40.8 Å². The van der Waals surface area contributed by atoms with Crippen LogP contribution in [-0.4, -0.2) is 17.0 Å². The van der Waals surface area contributed by atoms with E-state index in [2.05, 4.69) is 5.32 Å². The second-order valence-corrected chi connectivity index (χ2v) is 4.67. The zero-order valence-electron chi connectivity index (χ0n) is 9.75. The number of aromatic carboxylic acids is 1. The van der Waals surface area contributed by atoms with Crippen molar-refractivity contribution in [1.29, 1.82) is 0 Å². The summed E-state index contributed by atoms with van der Waals surface area (Å²) >= 11 is 11.6. The molecule has 0 atom stereocenters. The molecule has 0 heterocycles. The van der Waals surface area contributed by atoms with Gasteiger partial charge < -0.3 is 10.4 Å². The monoisotopic (exact) mass is 287 g/mol. The molecule has 0 radical (unpaired) electrons. The minimum Gasteiger partial charge on any atom is -0.478 e. The molecule has 0 aliphatic rings. The number of carboxylic acid groups (broad SMARTS) is 1. The largest absolute Gasteiger partial charge is 0.478 e. The standard InChI is InChI=1S/C12H11Cl2NO3/c1-6(2)3-10(16)15-11-8(12(17)18)4-7(13)5-9(11)14/h3-5H,1-2H3,(H,15,16)(H,17,18). The lowest BCUT2D eigenvalue weighted by molar-refractivity contribution is -0.111. The van der Waals surface area contributed by atoms with Gasteiger partial charge in [-0.2, -0.15) is 0 Å². The number of rotatable bonds is 3. The van der Waals surface area contributed by atoms with Gasteiger partial charge in [0.05, 0.1) is 16.3 Å². The summed E-state index contributed by atoms with van der Waals surface area (Å²) in [6.07, 6.45) is 1.34. The molecule has 0 aliphatic carbocycles. The number of carbonyl (C=O) groups is 2.